The highest BCUT2D eigenvalue weighted by atomic mass is 16.6. The maximum Gasteiger partial charge on any atom is 0.149 e. The van der Waals surface area contributed by atoms with Gasteiger partial charge in [0.25, 0.3) is 0 Å². The van der Waals surface area contributed by atoms with Gasteiger partial charge in [0, 0.05) is 0 Å². The Balaban J connectivity index is 2.17. The van der Waals surface area contributed by atoms with Gasteiger partial charge in [0.1, 0.15) is 11.6 Å². The van der Waals surface area contributed by atoms with E-state index in [1.54, 1.807) is 13.8 Å². The van der Waals surface area contributed by atoms with Crippen molar-refractivity contribution >= 4 is 11.6 Å². The van der Waals surface area contributed by atoms with Crippen LogP contribution in [0.1, 0.15) is 66.2 Å². The summed E-state index contributed by atoms with van der Waals surface area (Å²) in [6, 6.07) is -0.0245. The van der Waals surface area contributed by atoms with Crippen LogP contribution in [0.15, 0.2) is 0 Å². The van der Waals surface area contributed by atoms with E-state index in [1.165, 1.54) is 0 Å². The van der Waals surface area contributed by atoms with Crippen LogP contribution < -0.4 is 10.6 Å². The molecule has 0 aromatic rings. The third-order valence-corrected chi connectivity index (χ3v) is 5.02. The molecule has 0 aromatic carbocycles. The standard InChI is InChI=1S/C18H34N2O3/c1-6-20-18(4,14(3)22)12-8-11-17-16(23-17)10-7-9-15(19-5)13(2)21/h15-17,19-20H,6-12H2,1-5H3. The molecule has 0 aromatic heterocycles. The number of likely N-dealkylation sites (N-methyl/N-ethyl adjacent to an activating group) is 2. The second kappa shape index (κ2) is 9.50. The van der Waals surface area contributed by atoms with Crippen LogP contribution >= 0.6 is 0 Å². The Bertz CT molecular complexity index is 400. The van der Waals surface area contributed by atoms with E-state index < -0.39 is 5.54 Å². The van der Waals surface area contributed by atoms with Crippen molar-refractivity contribution in [2.24, 2.45) is 0 Å². The smallest absolute Gasteiger partial charge is 0.149 e. The zero-order valence-corrected chi connectivity index (χ0v) is 15.4. The quantitative estimate of drug-likeness (QED) is 0.508. The molecule has 0 radical (unpaired) electrons. The van der Waals surface area contributed by atoms with E-state index in [4.69, 9.17) is 4.74 Å². The monoisotopic (exact) mass is 326 g/mol. The molecule has 1 heterocycles. The summed E-state index contributed by atoms with van der Waals surface area (Å²) >= 11 is 0. The maximum absolute atomic E-state index is 11.8. The molecule has 1 fully saturated rings. The summed E-state index contributed by atoms with van der Waals surface area (Å²) in [4.78, 5) is 23.1. The Hall–Kier alpha value is -0.780. The lowest BCUT2D eigenvalue weighted by atomic mass is 9.90. The molecule has 2 N–H and O–H groups in total. The van der Waals surface area contributed by atoms with Crippen LogP contribution in [0.4, 0.5) is 0 Å². The van der Waals surface area contributed by atoms with Gasteiger partial charge < -0.3 is 15.4 Å². The van der Waals surface area contributed by atoms with E-state index in [1.807, 2.05) is 20.9 Å². The van der Waals surface area contributed by atoms with E-state index in [9.17, 15) is 9.59 Å². The molecule has 1 aliphatic rings. The molecule has 4 unspecified atom stereocenters. The largest absolute Gasteiger partial charge is 0.370 e. The van der Waals surface area contributed by atoms with Crippen LogP contribution in [0.3, 0.4) is 0 Å². The highest BCUT2D eigenvalue weighted by molar-refractivity contribution is 5.85. The van der Waals surface area contributed by atoms with Gasteiger partial charge in [-0.05, 0) is 72.9 Å². The number of ketones is 2. The number of hydrogen-bond donors (Lipinski definition) is 2. The van der Waals surface area contributed by atoms with Crippen molar-refractivity contribution in [2.45, 2.75) is 90.0 Å². The zero-order chi connectivity index (χ0) is 17.5. The van der Waals surface area contributed by atoms with Gasteiger partial charge in [-0.2, -0.15) is 0 Å². The molecular weight excluding hydrogens is 292 g/mol. The molecule has 4 atom stereocenters. The lowest BCUT2D eigenvalue weighted by Crippen LogP contribution is -2.48. The molecular formula is C18H34N2O3. The van der Waals surface area contributed by atoms with Gasteiger partial charge in [0.05, 0.1) is 23.8 Å². The summed E-state index contributed by atoms with van der Waals surface area (Å²) in [5.74, 6) is 0.405. The summed E-state index contributed by atoms with van der Waals surface area (Å²) in [6.45, 7) is 8.12. The predicted octanol–water partition coefficient (Wildman–Crippen LogP) is 2.23. The van der Waals surface area contributed by atoms with E-state index in [0.29, 0.717) is 12.2 Å². The van der Waals surface area contributed by atoms with Crippen LogP contribution in [-0.2, 0) is 14.3 Å². The van der Waals surface area contributed by atoms with E-state index in [2.05, 4.69) is 10.6 Å². The SMILES string of the molecule is CCNC(C)(CCCC1OC1CCCC(NC)C(C)=O)C(C)=O. The van der Waals surface area contributed by atoms with Crippen molar-refractivity contribution in [3.63, 3.8) is 0 Å². The fourth-order valence-corrected chi connectivity index (χ4v) is 3.20. The predicted molar refractivity (Wildman–Crippen MR) is 92.7 cm³/mol. The Morgan fingerprint density at radius 2 is 1.78 bits per heavy atom. The molecule has 0 bridgehead atoms. The average Bonchev–Trinajstić information content (AvgIpc) is 3.21. The van der Waals surface area contributed by atoms with Gasteiger partial charge in [0.2, 0.25) is 0 Å². The van der Waals surface area contributed by atoms with Gasteiger partial charge in [-0.3, -0.25) is 9.59 Å². The minimum absolute atomic E-state index is 0.0245. The third kappa shape index (κ3) is 6.69. The van der Waals surface area contributed by atoms with Gasteiger partial charge >= 0.3 is 0 Å². The first kappa shape index (κ1) is 20.3. The van der Waals surface area contributed by atoms with Crippen molar-refractivity contribution in [2.75, 3.05) is 13.6 Å². The number of nitrogens with one attached hydrogen (secondary N) is 2. The summed E-state index contributed by atoms with van der Waals surface area (Å²) in [5.41, 5.74) is -0.402. The molecule has 0 aliphatic carbocycles. The molecule has 134 valence electrons. The maximum atomic E-state index is 11.8. The molecule has 5 heteroatoms. The molecule has 0 spiro atoms. The number of rotatable bonds is 13. The first-order chi connectivity index (χ1) is 10.8. The van der Waals surface area contributed by atoms with Crippen LogP contribution in [0.25, 0.3) is 0 Å². The summed E-state index contributed by atoms with van der Waals surface area (Å²) in [5, 5.41) is 6.35. The third-order valence-electron chi connectivity index (χ3n) is 5.02. The number of ether oxygens (including phenoxy) is 1. The Morgan fingerprint density at radius 3 is 2.26 bits per heavy atom. The number of carbonyl (C=O) groups excluding carboxylic acids is 2. The normalized spacial score (nSPS) is 24.0. The van der Waals surface area contributed by atoms with Crippen LogP contribution in [0.2, 0.25) is 0 Å². The first-order valence-electron chi connectivity index (χ1n) is 8.93. The first-order valence-corrected chi connectivity index (χ1v) is 8.93. The second-order valence-corrected chi connectivity index (χ2v) is 6.91. The van der Waals surface area contributed by atoms with Gasteiger partial charge in [-0.1, -0.05) is 6.92 Å². The molecule has 1 aliphatic heterocycles. The summed E-state index contributed by atoms with van der Waals surface area (Å²) in [7, 11) is 1.83. The van der Waals surface area contributed by atoms with Crippen molar-refractivity contribution in [3.05, 3.63) is 0 Å². The number of carbonyl (C=O) groups is 2. The lowest BCUT2D eigenvalue weighted by Gasteiger charge is -2.27. The number of epoxide rings is 1. The van der Waals surface area contributed by atoms with E-state index in [0.717, 1.165) is 45.1 Å². The van der Waals surface area contributed by atoms with Crippen molar-refractivity contribution in [1.82, 2.24) is 10.6 Å². The number of hydrogen-bond acceptors (Lipinski definition) is 5. The molecule has 23 heavy (non-hydrogen) atoms. The Kier molecular flexibility index (Phi) is 8.37. The number of Topliss-reactive ketones (excluding diaryl/α,β-unsaturated/α-hetero) is 2. The van der Waals surface area contributed by atoms with Crippen LogP contribution in [0.5, 0.6) is 0 Å². The minimum Gasteiger partial charge on any atom is -0.370 e. The fourth-order valence-electron chi connectivity index (χ4n) is 3.20. The Labute approximate surface area is 140 Å². The minimum atomic E-state index is -0.402. The zero-order valence-electron chi connectivity index (χ0n) is 15.4. The highest BCUT2D eigenvalue weighted by Crippen LogP contribution is 2.32. The van der Waals surface area contributed by atoms with Crippen molar-refractivity contribution in [1.29, 1.82) is 0 Å². The molecule has 0 saturated carbocycles. The average molecular weight is 326 g/mol. The lowest BCUT2D eigenvalue weighted by molar-refractivity contribution is -0.123. The highest BCUT2D eigenvalue weighted by Gasteiger charge is 2.38. The van der Waals surface area contributed by atoms with Gasteiger partial charge in [-0.15, -0.1) is 0 Å². The van der Waals surface area contributed by atoms with Crippen LogP contribution in [0, 0.1) is 0 Å². The fraction of sp³-hybridized carbons (Fsp3) is 0.889. The van der Waals surface area contributed by atoms with Gasteiger partial charge in [-0.25, -0.2) is 0 Å². The summed E-state index contributed by atoms with van der Waals surface area (Å²) in [6.07, 6.45) is 6.47. The second-order valence-electron chi connectivity index (χ2n) is 6.91. The summed E-state index contributed by atoms with van der Waals surface area (Å²) < 4.78 is 5.72. The van der Waals surface area contributed by atoms with Crippen molar-refractivity contribution in [3.8, 4) is 0 Å². The molecule has 5 nitrogen and oxygen atoms in total. The van der Waals surface area contributed by atoms with E-state index in [-0.39, 0.29) is 17.6 Å². The molecule has 1 saturated heterocycles. The van der Waals surface area contributed by atoms with Crippen molar-refractivity contribution < 1.29 is 14.3 Å². The van der Waals surface area contributed by atoms with Gasteiger partial charge in [0.15, 0.2) is 0 Å². The van der Waals surface area contributed by atoms with E-state index >= 15 is 0 Å². The molecule has 0 amide bonds. The van der Waals surface area contributed by atoms with Crippen LogP contribution in [-0.4, -0.2) is 48.9 Å². The topological polar surface area (TPSA) is 70.7 Å². The Morgan fingerprint density at radius 1 is 1.17 bits per heavy atom. The molecule has 1 rings (SSSR count).